The minimum absolute atomic E-state index is 0.121. The molecule has 3 amide bonds. The van der Waals surface area contributed by atoms with Gasteiger partial charge in [-0.25, -0.2) is 4.79 Å². The number of imide groups is 1. The summed E-state index contributed by atoms with van der Waals surface area (Å²) in [4.78, 5) is 50.5. The Morgan fingerprint density at radius 2 is 1.73 bits per heavy atom. The molecule has 0 spiro atoms. The van der Waals surface area contributed by atoms with E-state index in [0.717, 1.165) is 18.4 Å². The van der Waals surface area contributed by atoms with Crippen LogP contribution in [0.5, 0.6) is 0 Å². The fourth-order valence-corrected chi connectivity index (χ4v) is 3.26. The van der Waals surface area contributed by atoms with Gasteiger partial charge in [0.25, 0.3) is 17.7 Å². The normalized spacial score (nSPS) is 13.7. The zero-order valence-electron chi connectivity index (χ0n) is 17.0. The maximum Gasteiger partial charge on any atom is 0.338 e. The second-order valence-corrected chi connectivity index (χ2v) is 7.15. The summed E-state index contributed by atoms with van der Waals surface area (Å²) in [6.07, 6.45) is 1.58. The zero-order chi connectivity index (χ0) is 21.7. The molecule has 0 aromatic heterocycles. The van der Waals surface area contributed by atoms with Crippen molar-refractivity contribution >= 4 is 23.7 Å². The van der Waals surface area contributed by atoms with Gasteiger partial charge in [0.1, 0.15) is 0 Å². The topological polar surface area (TPSA) is 92.8 Å². The fourth-order valence-electron chi connectivity index (χ4n) is 3.26. The molecule has 7 heteroatoms. The van der Waals surface area contributed by atoms with E-state index >= 15 is 0 Å². The number of hydrogen-bond acceptors (Lipinski definition) is 5. The van der Waals surface area contributed by atoms with Gasteiger partial charge in [-0.05, 0) is 37.1 Å². The number of carbonyl (C=O) groups excluding carboxylic acids is 4. The van der Waals surface area contributed by atoms with Crippen molar-refractivity contribution in [3.63, 3.8) is 0 Å². The van der Waals surface area contributed by atoms with Crippen LogP contribution >= 0.6 is 0 Å². The molecule has 30 heavy (non-hydrogen) atoms. The van der Waals surface area contributed by atoms with Crippen molar-refractivity contribution in [1.29, 1.82) is 0 Å². The predicted octanol–water partition coefficient (Wildman–Crippen LogP) is 3.12. The second kappa shape index (κ2) is 9.35. The lowest BCUT2D eigenvalue weighted by Crippen LogP contribution is -2.31. The molecule has 0 radical (unpaired) electrons. The molecule has 1 heterocycles. The average molecular weight is 408 g/mol. The minimum Gasteiger partial charge on any atom is -0.452 e. The molecule has 1 aliphatic heterocycles. The summed E-state index contributed by atoms with van der Waals surface area (Å²) < 4.78 is 5.08. The Hall–Kier alpha value is -3.48. The first-order valence-corrected chi connectivity index (χ1v) is 9.94. The minimum atomic E-state index is -0.729. The van der Waals surface area contributed by atoms with Crippen LogP contribution in [-0.2, 0) is 9.53 Å². The van der Waals surface area contributed by atoms with Crippen molar-refractivity contribution in [3.8, 4) is 0 Å². The van der Waals surface area contributed by atoms with Crippen LogP contribution in [0.3, 0.4) is 0 Å². The van der Waals surface area contributed by atoms with Gasteiger partial charge in [0.15, 0.2) is 6.61 Å². The summed E-state index contributed by atoms with van der Waals surface area (Å²) in [6.45, 7) is 3.72. The van der Waals surface area contributed by atoms with Crippen LogP contribution in [0.15, 0.2) is 48.5 Å². The molecule has 2 aromatic rings. The Kier molecular flexibility index (Phi) is 6.61. The molecule has 156 valence electrons. The van der Waals surface area contributed by atoms with E-state index in [2.05, 4.69) is 5.32 Å². The van der Waals surface area contributed by atoms with Gasteiger partial charge in [0.2, 0.25) is 0 Å². The first-order chi connectivity index (χ1) is 14.4. The summed E-state index contributed by atoms with van der Waals surface area (Å²) in [5.74, 6) is -1.92. The van der Waals surface area contributed by atoms with Gasteiger partial charge in [0, 0.05) is 6.54 Å². The average Bonchev–Trinajstić information content (AvgIpc) is 3.00. The lowest BCUT2D eigenvalue weighted by molar-refractivity contribution is -0.124. The van der Waals surface area contributed by atoms with E-state index in [1.165, 1.54) is 23.1 Å². The van der Waals surface area contributed by atoms with E-state index in [0.29, 0.717) is 6.54 Å². The summed E-state index contributed by atoms with van der Waals surface area (Å²) in [5, 5.41) is 2.76. The number of ether oxygens (including phenoxy) is 1. The molecule has 0 bridgehead atoms. The number of amides is 3. The monoisotopic (exact) mass is 408 g/mol. The van der Waals surface area contributed by atoms with Crippen LogP contribution in [0.1, 0.15) is 69.4 Å². The van der Waals surface area contributed by atoms with Crippen molar-refractivity contribution in [1.82, 2.24) is 10.2 Å². The molecular formula is C23H24N2O5. The molecule has 3 rings (SSSR count). The number of benzene rings is 2. The highest BCUT2D eigenvalue weighted by atomic mass is 16.5. The van der Waals surface area contributed by atoms with Gasteiger partial charge < -0.3 is 10.1 Å². The van der Waals surface area contributed by atoms with Gasteiger partial charge in [-0.15, -0.1) is 0 Å². The van der Waals surface area contributed by atoms with Crippen LogP contribution in [0, 0.1) is 0 Å². The van der Waals surface area contributed by atoms with Gasteiger partial charge in [-0.3, -0.25) is 19.3 Å². The van der Waals surface area contributed by atoms with Crippen LogP contribution in [0.4, 0.5) is 0 Å². The van der Waals surface area contributed by atoms with Gasteiger partial charge in [-0.2, -0.15) is 0 Å². The van der Waals surface area contributed by atoms with Crippen LogP contribution in [0.25, 0.3) is 0 Å². The number of fused-ring (bicyclic) bond motifs is 1. The highest BCUT2D eigenvalue weighted by Gasteiger charge is 2.35. The number of unbranched alkanes of at least 4 members (excludes halogenated alkanes) is 1. The SMILES string of the molecule is CCCCN1C(=O)c2ccc(C(=O)OCC(=O)N[C@@H](C)c3ccccc3)cc2C1=O. The summed E-state index contributed by atoms with van der Waals surface area (Å²) in [6, 6.07) is 13.4. The molecular weight excluding hydrogens is 384 g/mol. The summed E-state index contributed by atoms with van der Waals surface area (Å²) in [7, 11) is 0. The third-order valence-corrected chi connectivity index (χ3v) is 4.95. The number of carbonyl (C=O) groups is 4. The Morgan fingerprint density at radius 3 is 2.43 bits per heavy atom. The third kappa shape index (κ3) is 4.56. The molecule has 1 atom stereocenters. The smallest absolute Gasteiger partial charge is 0.338 e. The molecule has 0 fully saturated rings. The number of esters is 1. The van der Waals surface area contributed by atoms with E-state index in [1.54, 1.807) is 0 Å². The van der Waals surface area contributed by atoms with Gasteiger partial charge >= 0.3 is 5.97 Å². The molecule has 2 aromatic carbocycles. The number of nitrogens with zero attached hydrogens (tertiary/aromatic N) is 1. The van der Waals surface area contributed by atoms with Crippen molar-refractivity contribution in [2.45, 2.75) is 32.7 Å². The lowest BCUT2D eigenvalue weighted by atomic mass is 10.1. The lowest BCUT2D eigenvalue weighted by Gasteiger charge is -2.14. The molecule has 1 N–H and O–H groups in total. The third-order valence-electron chi connectivity index (χ3n) is 4.95. The number of rotatable bonds is 8. The second-order valence-electron chi connectivity index (χ2n) is 7.15. The fraction of sp³-hybridized carbons (Fsp3) is 0.304. The maximum absolute atomic E-state index is 12.5. The first kappa shape index (κ1) is 21.2. The Labute approximate surface area is 175 Å². The largest absolute Gasteiger partial charge is 0.452 e. The Balaban J connectivity index is 1.59. The molecule has 0 saturated heterocycles. The number of hydrogen-bond donors (Lipinski definition) is 1. The predicted molar refractivity (Wildman–Crippen MR) is 110 cm³/mol. The van der Waals surface area contributed by atoms with Crippen LogP contribution in [-0.4, -0.2) is 41.7 Å². The van der Waals surface area contributed by atoms with Crippen molar-refractivity contribution < 1.29 is 23.9 Å². The summed E-state index contributed by atoms with van der Waals surface area (Å²) in [5.41, 5.74) is 1.53. The Bertz CT molecular complexity index is 971. The van der Waals surface area contributed by atoms with Crippen LogP contribution in [0.2, 0.25) is 0 Å². The highest BCUT2D eigenvalue weighted by molar-refractivity contribution is 6.21. The van der Waals surface area contributed by atoms with Crippen LogP contribution < -0.4 is 5.32 Å². The van der Waals surface area contributed by atoms with Crippen molar-refractivity contribution in [2.75, 3.05) is 13.2 Å². The van der Waals surface area contributed by atoms with E-state index in [9.17, 15) is 19.2 Å². The zero-order valence-corrected chi connectivity index (χ0v) is 17.0. The number of nitrogens with one attached hydrogen (secondary N) is 1. The maximum atomic E-state index is 12.5. The van der Waals surface area contributed by atoms with E-state index in [-0.39, 0.29) is 28.6 Å². The standard InChI is InChI=1S/C23H24N2O5/c1-3-4-12-25-21(27)18-11-10-17(13-19(18)22(25)28)23(29)30-14-20(26)24-15(2)16-8-6-5-7-9-16/h5-11,13,15H,3-4,12,14H2,1-2H3,(H,24,26)/t15-/m0/s1. The van der Waals surface area contributed by atoms with Crippen molar-refractivity contribution in [3.05, 3.63) is 70.8 Å². The molecule has 1 aliphatic rings. The van der Waals surface area contributed by atoms with E-state index in [4.69, 9.17) is 4.74 Å². The molecule has 0 saturated carbocycles. The molecule has 0 aliphatic carbocycles. The molecule has 0 unspecified atom stereocenters. The van der Waals surface area contributed by atoms with E-state index < -0.39 is 24.4 Å². The van der Waals surface area contributed by atoms with Crippen molar-refractivity contribution in [2.24, 2.45) is 0 Å². The highest BCUT2D eigenvalue weighted by Crippen LogP contribution is 2.24. The van der Waals surface area contributed by atoms with Gasteiger partial charge in [0.05, 0.1) is 22.7 Å². The Morgan fingerprint density at radius 1 is 1.03 bits per heavy atom. The quantitative estimate of drug-likeness (QED) is 0.535. The first-order valence-electron chi connectivity index (χ1n) is 9.94. The van der Waals surface area contributed by atoms with E-state index in [1.807, 2.05) is 44.2 Å². The molecule has 7 nitrogen and oxygen atoms in total. The summed E-state index contributed by atoms with van der Waals surface area (Å²) >= 11 is 0. The van der Waals surface area contributed by atoms with Gasteiger partial charge in [-0.1, -0.05) is 43.7 Å².